The third-order valence-corrected chi connectivity index (χ3v) is 5.26. The number of carbonyl (C=O) groups is 3. The lowest BCUT2D eigenvalue weighted by atomic mass is 10.1. The third-order valence-electron chi connectivity index (χ3n) is 3.89. The van der Waals surface area contributed by atoms with Gasteiger partial charge in [0.1, 0.15) is 5.76 Å². The maximum atomic E-state index is 12.7. The van der Waals surface area contributed by atoms with Crippen molar-refractivity contribution in [3.8, 4) is 11.5 Å². The van der Waals surface area contributed by atoms with Crippen LogP contribution in [0.1, 0.15) is 28.8 Å². The summed E-state index contributed by atoms with van der Waals surface area (Å²) in [5.41, 5.74) is 0.333. The SMILES string of the molecule is CCOc1cc(Br)cc(/C=C2/SC(=O)N(Cc3ccc(C(=O)OC)o3)C2=O)c1O. The molecule has 29 heavy (non-hydrogen) atoms. The monoisotopic (exact) mass is 481 g/mol. The van der Waals surface area contributed by atoms with E-state index in [1.165, 1.54) is 25.3 Å². The zero-order chi connectivity index (χ0) is 21.1. The van der Waals surface area contributed by atoms with Gasteiger partial charge in [-0.3, -0.25) is 14.5 Å². The van der Waals surface area contributed by atoms with Crippen LogP contribution in [0.25, 0.3) is 6.08 Å². The van der Waals surface area contributed by atoms with E-state index in [1.54, 1.807) is 19.1 Å². The van der Waals surface area contributed by atoms with E-state index in [-0.39, 0.29) is 34.5 Å². The van der Waals surface area contributed by atoms with E-state index in [0.29, 0.717) is 16.6 Å². The Morgan fingerprint density at radius 1 is 1.34 bits per heavy atom. The number of carbonyl (C=O) groups excluding carboxylic acids is 3. The quantitative estimate of drug-likeness (QED) is 0.483. The first kappa shape index (κ1) is 21.0. The summed E-state index contributed by atoms with van der Waals surface area (Å²) in [4.78, 5) is 37.6. The minimum Gasteiger partial charge on any atom is -0.504 e. The van der Waals surface area contributed by atoms with Crippen molar-refractivity contribution in [2.24, 2.45) is 0 Å². The fraction of sp³-hybridized carbons (Fsp3) is 0.211. The van der Waals surface area contributed by atoms with E-state index in [0.717, 1.165) is 16.7 Å². The Morgan fingerprint density at radius 3 is 2.79 bits per heavy atom. The fourth-order valence-electron chi connectivity index (χ4n) is 2.58. The van der Waals surface area contributed by atoms with Crippen LogP contribution in [0.4, 0.5) is 4.79 Å². The molecule has 1 aliphatic rings. The summed E-state index contributed by atoms with van der Waals surface area (Å²) >= 11 is 4.08. The van der Waals surface area contributed by atoms with Crippen LogP contribution in [0.2, 0.25) is 0 Å². The number of hydrogen-bond donors (Lipinski definition) is 1. The largest absolute Gasteiger partial charge is 0.504 e. The molecule has 0 bridgehead atoms. The van der Waals surface area contributed by atoms with Crippen molar-refractivity contribution in [1.82, 2.24) is 4.90 Å². The smallest absolute Gasteiger partial charge is 0.373 e. The summed E-state index contributed by atoms with van der Waals surface area (Å²) in [7, 11) is 1.22. The van der Waals surface area contributed by atoms with Gasteiger partial charge in [-0.2, -0.15) is 0 Å². The van der Waals surface area contributed by atoms with Crippen LogP contribution in [0.3, 0.4) is 0 Å². The van der Waals surface area contributed by atoms with Crippen LogP contribution < -0.4 is 4.74 Å². The summed E-state index contributed by atoms with van der Waals surface area (Å²) in [6.07, 6.45) is 1.43. The Balaban J connectivity index is 1.84. The molecule has 0 radical (unpaired) electrons. The molecule has 3 rings (SSSR count). The number of nitrogens with zero attached hydrogens (tertiary/aromatic N) is 1. The Labute approximate surface area is 178 Å². The van der Waals surface area contributed by atoms with Gasteiger partial charge in [0.05, 0.1) is 25.2 Å². The van der Waals surface area contributed by atoms with Crippen LogP contribution >= 0.6 is 27.7 Å². The number of esters is 1. The molecule has 2 heterocycles. The van der Waals surface area contributed by atoms with E-state index in [1.807, 2.05) is 0 Å². The van der Waals surface area contributed by atoms with Crippen molar-refractivity contribution in [2.75, 3.05) is 13.7 Å². The maximum absolute atomic E-state index is 12.7. The molecule has 0 aliphatic carbocycles. The first-order chi connectivity index (χ1) is 13.8. The number of halogens is 1. The molecule has 1 aliphatic heterocycles. The van der Waals surface area contributed by atoms with Crippen LogP contribution in [0, 0.1) is 0 Å². The number of imide groups is 1. The highest BCUT2D eigenvalue weighted by Gasteiger charge is 2.36. The predicted octanol–water partition coefficient (Wildman–Crippen LogP) is 4.17. The number of methoxy groups -OCH3 is 1. The molecule has 1 N–H and O–H groups in total. The second kappa shape index (κ2) is 8.75. The zero-order valence-electron chi connectivity index (χ0n) is 15.4. The lowest BCUT2D eigenvalue weighted by Crippen LogP contribution is -2.27. The van der Waals surface area contributed by atoms with Gasteiger partial charge in [0, 0.05) is 10.0 Å². The van der Waals surface area contributed by atoms with Crippen LogP contribution in [0.5, 0.6) is 11.5 Å². The first-order valence-electron chi connectivity index (χ1n) is 8.41. The van der Waals surface area contributed by atoms with E-state index < -0.39 is 17.1 Å². The summed E-state index contributed by atoms with van der Waals surface area (Å²) in [5.74, 6) is -0.812. The summed E-state index contributed by atoms with van der Waals surface area (Å²) in [6, 6.07) is 6.12. The van der Waals surface area contributed by atoms with Crippen molar-refractivity contribution in [1.29, 1.82) is 0 Å². The van der Waals surface area contributed by atoms with E-state index in [2.05, 4.69) is 20.7 Å². The Bertz CT molecular complexity index is 1010. The van der Waals surface area contributed by atoms with Gasteiger partial charge in [-0.1, -0.05) is 15.9 Å². The highest BCUT2D eigenvalue weighted by molar-refractivity contribution is 9.10. The van der Waals surface area contributed by atoms with Crippen LogP contribution in [0.15, 0.2) is 38.1 Å². The van der Waals surface area contributed by atoms with E-state index in [4.69, 9.17) is 9.15 Å². The number of ether oxygens (including phenoxy) is 2. The van der Waals surface area contributed by atoms with Gasteiger partial charge in [-0.05, 0) is 49.0 Å². The average molecular weight is 482 g/mol. The predicted molar refractivity (Wildman–Crippen MR) is 109 cm³/mol. The van der Waals surface area contributed by atoms with Gasteiger partial charge in [0.15, 0.2) is 11.5 Å². The zero-order valence-corrected chi connectivity index (χ0v) is 17.8. The van der Waals surface area contributed by atoms with Gasteiger partial charge < -0.3 is 19.0 Å². The maximum Gasteiger partial charge on any atom is 0.373 e. The normalized spacial score (nSPS) is 15.3. The topological polar surface area (TPSA) is 106 Å². The molecule has 2 amide bonds. The lowest BCUT2D eigenvalue weighted by Gasteiger charge is -2.10. The van der Waals surface area contributed by atoms with Crippen LogP contribution in [-0.2, 0) is 16.1 Å². The highest BCUT2D eigenvalue weighted by Crippen LogP contribution is 2.39. The number of hydrogen-bond acceptors (Lipinski definition) is 8. The van der Waals surface area contributed by atoms with Gasteiger partial charge >= 0.3 is 5.97 Å². The minimum absolute atomic E-state index is 0.0208. The molecule has 0 saturated carbocycles. The molecule has 10 heteroatoms. The summed E-state index contributed by atoms with van der Waals surface area (Å²) < 4.78 is 15.9. The van der Waals surface area contributed by atoms with Crippen molar-refractivity contribution < 1.29 is 33.4 Å². The Hall–Kier alpha value is -2.72. The molecular weight excluding hydrogens is 466 g/mol. The van der Waals surface area contributed by atoms with Gasteiger partial charge in [0.25, 0.3) is 11.1 Å². The van der Waals surface area contributed by atoms with Gasteiger partial charge in [-0.15, -0.1) is 0 Å². The van der Waals surface area contributed by atoms with Crippen molar-refractivity contribution in [3.63, 3.8) is 0 Å². The highest BCUT2D eigenvalue weighted by atomic mass is 79.9. The molecule has 8 nitrogen and oxygen atoms in total. The molecule has 1 aromatic carbocycles. The summed E-state index contributed by atoms with van der Waals surface area (Å²) in [5, 5.41) is 9.88. The lowest BCUT2D eigenvalue weighted by molar-refractivity contribution is -0.123. The average Bonchev–Trinajstić information content (AvgIpc) is 3.25. The number of amides is 2. The first-order valence-corrected chi connectivity index (χ1v) is 10.0. The molecule has 1 saturated heterocycles. The van der Waals surface area contributed by atoms with Gasteiger partial charge in [-0.25, -0.2) is 4.79 Å². The molecular formula is C19H16BrNO7S. The molecule has 1 fully saturated rings. The standard InChI is InChI=1S/C19H16BrNO7S/c1-3-27-14-8-11(20)6-10(16(14)22)7-15-17(23)21(19(25)29-15)9-12-4-5-13(28-12)18(24)26-2/h4-8,22H,3,9H2,1-2H3/b15-7+. The minimum atomic E-state index is -0.652. The number of phenolic OH excluding ortho intramolecular Hbond substituents is 1. The third kappa shape index (κ3) is 4.48. The molecule has 0 spiro atoms. The molecule has 0 atom stereocenters. The second-order valence-corrected chi connectivity index (χ2v) is 7.71. The van der Waals surface area contributed by atoms with E-state index >= 15 is 0 Å². The van der Waals surface area contributed by atoms with Crippen LogP contribution in [-0.4, -0.2) is 40.8 Å². The number of furan rings is 1. The number of benzene rings is 1. The molecule has 0 unspecified atom stereocenters. The van der Waals surface area contributed by atoms with Crippen molar-refractivity contribution in [3.05, 3.63) is 50.7 Å². The number of thioether (sulfide) groups is 1. The van der Waals surface area contributed by atoms with Crippen molar-refractivity contribution in [2.45, 2.75) is 13.5 Å². The molecule has 1 aromatic heterocycles. The fourth-order valence-corrected chi connectivity index (χ4v) is 3.86. The number of aromatic hydroxyl groups is 1. The Morgan fingerprint density at radius 2 is 2.10 bits per heavy atom. The summed E-state index contributed by atoms with van der Waals surface area (Å²) in [6.45, 7) is 2.01. The second-order valence-electron chi connectivity index (χ2n) is 5.80. The van der Waals surface area contributed by atoms with E-state index in [9.17, 15) is 19.5 Å². The molecule has 152 valence electrons. The Kier molecular flexibility index (Phi) is 6.33. The number of phenols is 1. The van der Waals surface area contributed by atoms with Crippen molar-refractivity contribution >= 4 is 50.9 Å². The molecule has 2 aromatic rings. The van der Waals surface area contributed by atoms with Gasteiger partial charge in [0.2, 0.25) is 5.76 Å². The number of rotatable bonds is 6.